The van der Waals surface area contributed by atoms with Gasteiger partial charge < -0.3 is 15.2 Å². The average Bonchev–Trinajstić information content (AvgIpc) is 2.28. The molecule has 0 aliphatic carbocycles. The van der Waals surface area contributed by atoms with Gasteiger partial charge in [-0.2, -0.15) is 0 Å². The molecule has 17 heavy (non-hydrogen) atoms. The number of nitrogens with two attached hydrogens (primary N) is 1. The quantitative estimate of drug-likeness (QED) is 0.822. The van der Waals surface area contributed by atoms with Crippen molar-refractivity contribution in [2.24, 2.45) is 5.73 Å². The molecule has 0 aliphatic rings. The number of carbonyl (C=O) groups excluding carboxylic acids is 1. The summed E-state index contributed by atoms with van der Waals surface area (Å²) in [6.45, 7) is 2.10. The van der Waals surface area contributed by atoms with Gasteiger partial charge in [-0.25, -0.2) is 0 Å². The third kappa shape index (κ3) is 2.70. The van der Waals surface area contributed by atoms with E-state index in [1.165, 1.54) is 14.2 Å². The Morgan fingerprint density at radius 3 is 2.41 bits per heavy atom. The highest BCUT2D eigenvalue weighted by molar-refractivity contribution is 6.32. The highest BCUT2D eigenvalue weighted by atomic mass is 35.5. The predicted octanol–water partition coefficient (Wildman–Crippen LogP) is 2.20. The fraction of sp³-hybridized carbons (Fsp3) is 0.417. The van der Waals surface area contributed by atoms with E-state index in [-0.39, 0.29) is 12.2 Å². The standard InChI is InChI=1S/C12H16ClNO3/c1-7-6-8(13)11(16-2)12(17-3)10(7)9(15)4-5-14/h6H,4-5,14H2,1-3H3. The van der Waals surface area contributed by atoms with Gasteiger partial charge in [0.2, 0.25) is 0 Å². The molecule has 0 atom stereocenters. The molecular weight excluding hydrogens is 242 g/mol. The number of ketones is 1. The Hall–Kier alpha value is -1.26. The zero-order chi connectivity index (χ0) is 13.0. The van der Waals surface area contributed by atoms with Crippen molar-refractivity contribution >= 4 is 17.4 Å². The Bertz CT molecular complexity index is 432. The molecule has 0 saturated carbocycles. The largest absolute Gasteiger partial charge is 0.492 e. The molecule has 0 aliphatic heterocycles. The molecule has 4 nitrogen and oxygen atoms in total. The van der Waals surface area contributed by atoms with Gasteiger partial charge in [-0.1, -0.05) is 11.6 Å². The van der Waals surface area contributed by atoms with Crippen molar-refractivity contribution in [1.29, 1.82) is 0 Å². The molecule has 94 valence electrons. The highest BCUT2D eigenvalue weighted by Crippen LogP contribution is 2.40. The SMILES string of the molecule is COc1c(Cl)cc(C)c(C(=O)CCN)c1OC. The van der Waals surface area contributed by atoms with Crippen LogP contribution in [-0.2, 0) is 0 Å². The summed E-state index contributed by atoms with van der Waals surface area (Å²) in [5.41, 5.74) is 6.63. The van der Waals surface area contributed by atoms with Crippen LogP contribution in [0.4, 0.5) is 0 Å². The second-order valence-electron chi connectivity index (χ2n) is 3.58. The second kappa shape index (κ2) is 5.89. The van der Waals surface area contributed by atoms with Gasteiger partial charge in [0, 0.05) is 6.42 Å². The van der Waals surface area contributed by atoms with Gasteiger partial charge in [0.05, 0.1) is 24.8 Å². The van der Waals surface area contributed by atoms with Gasteiger partial charge in [0.25, 0.3) is 0 Å². The van der Waals surface area contributed by atoms with Crippen LogP contribution in [0.1, 0.15) is 22.3 Å². The lowest BCUT2D eigenvalue weighted by molar-refractivity contribution is 0.0981. The lowest BCUT2D eigenvalue weighted by Gasteiger charge is -2.15. The first-order chi connectivity index (χ1) is 8.06. The van der Waals surface area contributed by atoms with Gasteiger partial charge in [-0.15, -0.1) is 0 Å². The van der Waals surface area contributed by atoms with E-state index in [1.807, 2.05) is 0 Å². The van der Waals surface area contributed by atoms with Gasteiger partial charge in [-0.05, 0) is 25.1 Å². The van der Waals surface area contributed by atoms with Crippen molar-refractivity contribution in [1.82, 2.24) is 0 Å². The average molecular weight is 258 g/mol. The van der Waals surface area contributed by atoms with E-state index in [0.717, 1.165) is 5.56 Å². The second-order valence-corrected chi connectivity index (χ2v) is 3.99. The van der Waals surface area contributed by atoms with Crippen molar-refractivity contribution in [3.05, 3.63) is 22.2 Å². The summed E-state index contributed by atoms with van der Waals surface area (Å²) in [6.07, 6.45) is 0.266. The number of Topliss-reactive ketones (excluding diaryl/α,β-unsaturated/α-hetero) is 1. The number of hydrogen-bond acceptors (Lipinski definition) is 4. The first kappa shape index (κ1) is 13.8. The number of ether oxygens (including phenoxy) is 2. The maximum atomic E-state index is 12.0. The summed E-state index contributed by atoms with van der Waals surface area (Å²) >= 11 is 6.03. The zero-order valence-electron chi connectivity index (χ0n) is 10.2. The lowest BCUT2D eigenvalue weighted by atomic mass is 10.0. The molecule has 0 amide bonds. The minimum Gasteiger partial charge on any atom is -0.492 e. The summed E-state index contributed by atoms with van der Waals surface area (Å²) in [7, 11) is 2.96. The molecule has 0 radical (unpaired) electrons. The minimum absolute atomic E-state index is 0.0724. The number of carbonyl (C=O) groups is 1. The molecule has 0 saturated heterocycles. The molecule has 0 heterocycles. The van der Waals surface area contributed by atoms with E-state index in [2.05, 4.69) is 0 Å². The highest BCUT2D eigenvalue weighted by Gasteiger charge is 2.21. The van der Waals surface area contributed by atoms with E-state index >= 15 is 0 Å². The summed E-state index contributed by atoms with van der Waals surface area (Å²) in [5, 5.41) is 0.422. The van der Waals surface area contributed by atoms with Crippen molar-refractivity contribution < 1.29 is 14.3 Å². The van der Waals surface area contributed by atoms with Crippen molar-refractivity contribution in [2.45, 2.75) is 13.3 Å². The molecule has 0 unspecified atom stereocenters. The van der Waals surface area contributed by atoms with Crippen molar-refractivity contribution in [3.8, 4) is 11.5 Å². The first-order valence-electron chi connectivity index (χ1n) is 5.21. The van der Waals surface area contributed by atoms with E-state index in [1.54, 1.807) is 13.0 Å². The van der Waals surface area contributed by atoms with Crippen LogP contribution in [0.2, 0.25) is 5.02 Å². The molecule has 0 aromatic heterocycles. The molecule has 1 rings (SSSR count). The van der Waals surface area contributed by atoms with Crippen LogP contribution in [0.5, 0.6) is 11.5 Å². The Morgan fingerprint density at radius 1 is 1.35 bits per heavy atom. The Kier molecular flexibility index (Phi) is 4.78. The maximum absolute atomic E-state index is 12.0. The Morgan fingerprint density at radius 2 is 1.94 bits per heavy atom. The molecule has 1 aromatic rings. The lowest BCUT2D eigenvalue weighted by Crippen LogP contribution is -2.11. The third-order valence-electron chi connectivity index (χ3n) is 2.45. The van der Waals surface area contributed by atoms with Crippen LogP contribution in [0.15, 0.2) is 6.07 Å². The van der Waals surface area contributed by atoms with E-state index < -0.39 is 0 Å². The van der Waals surface area contributed by atoms with Crippen LogP contribution < -0.4 is 15.2 Å². The number of halogens is 1. The Balaban J connectivity index is 3.41. The molecule has 0 bridgehead atoms. The van der Waals surface area contributed by atoms with Crippen LogP contribution in [0.3, 0.4) is 0 Å². The monoisotopic (exact) mass is 257 g/mol. The van der Waals surface area contributed by atoms with Crippen LogP contribution in [0, 0.1) is 6.92 Å². The number of methoxy groups -OCH3 is 2. The van der Waals surface area contributed by atoms with Gasteiger partial charge >= 0.3 is 0 Å². The first-order valence-corrected chi connectivity index (χ1v) is 5.58. The zero-order valence-corrected chi connectivity index (χ0v) is 10.9. The summed E-state index contributed by atoms with van der Waals surface area (Å²) in [5.74, 6) is 0.674. The summed E-state index contributed by atoms with van der Waals surface area (Å²) in [4.78, 5) is 12.0. The molecule has 0 spiro atoms. The van der Waals surface area contributed by atoms with E-state index in [9.17, 15) is 4.79 Å². The minimum atomic E-state index is -0.0724. The molecular formula is C12H16ClNO3. The van der Waals surface area contributed by atoms with E-state index in [4.69, 9.17) is 26.8 Å². The van der Waals surface area contributed by atoms with Crippen molar-refractivity contribution in [2.75, 3.05) is 20.8 Å². The fourth-order valence-electron chi connectivity index (χ4n) is 1.72. The topological polar surface area (TPSA) is 61.5 Å². The number of benzene rings is 1. The molecule has 2 N–H and O–H groups in total. The van der Waals surface area contributed by atoms with Gasteiger partial charge in [0.1, 0.15) is 0 Å². The number of rotatable bonds is 5. The van der Waals surface area contributed by atoms with Crippen molar-refractivity contribution in [3.63, 3.8) is 0 Å². The third-order valence-corrected chi connectivity index (χ3v) is 2.73. The smallest absolute Gasteiger partial charge is 0.180 e. The van der Waals surface area contributed by atoms with Gasteiger partial charge in [0.15, 0.2) is 17.3 Å². The molecule has 5 heteroatoms. The van der Waals surface area contributed by atoms with Crippen LogP contribution >= 0.6 is 11.6 Å². The van der Waals surface area contributed by atoms with Crippen LogP contribution in [0.25, 0.3) is 0 Å². The molecule has 1 aromatic carbocycles. The van der Waals surface area contributed by atoms with Crippen LogP contribution in [-0.4, -0.2) is 26.5 Å². The number of hydrogen-bond donors (Lipinski definition) is 1. The number of aryl methyl sites for hydroxylation is 1. The maximum Gasteiger partial charge on any atom is 0.180 e. The summed E-state index contributed by atoms with van der Waals surface area (Å²) in [6, 6.07) is 1.69. The Labute approximate surface area is 106 Å². The molecule has 0 fully saturated rings. The van der Waals surface area contributed by atoms with E-state index in [0.29, 0.717) is 28.6 Å². The predicted molar refractivity (Wildman–Crippen MR) is 67.3 cm³/mol. The van der Waals surface area contributed by atoms with Gasteiger partial charge in [-0.3, -0.25) is 4.79 Å². The fourth-order valence-corrected chi connectivity index (χ4v) is 2.04. The summed E-state index contributed by atoms with van der Waals surface area (Å²) < 4.78 is 10.4. The normalized spacial score (nSPS) is 10.2.